The molecule has 5 rings (SSSR count). The van der Waals surface area contributed by atoms with Gasteiger partial charge in [-0.25, -0.2) is 9.78 Å². The quantitative estimate of drug-likeness (QED) is 0.195. The number of esters is 1. The van der Waals surface area contributed by atoms with Crippen molar-refractivity contribution in [3.05, 3.63) is 48.2 Å². The molecular weight excluding hydrogens is 624 g/mol. The Balaban J connectivity index is 1.56. The largest absolute Gasteiger partial charge is 0.497 e. The van der Waals surface area contributed by atoms with Crippen molar-refractivity contribution in [2.24, 2.45) is 28.3 Å². The number of methoxy groups -OCH3 is 1. The third-order valence-electron chi connectivity index (χ3n) is 9.70. The van der Waals surface area contributed by atoms with Crippen LogP contribution in [0.4, 0.5) is 16.3 Å². The maximum absolute atomic E-state index is 14.5. The molecule has 12 nitrogen and oxygen atoms in total. The highest BCUT2D eigenvalue weighted by atomic mass is 16.6. The molecule has 1 aromatic heterocycles. The van der Waals surface area contributed by atoms with E-state index in [1.165, 1.54) is 0 Å². The number of hydrogen-bond acceptors (Lipinski definition) is 10. The van der Waals surface area contributed by atoms with Crippen LogP contribution in [0.1, 0.15) is 66.4 Å². The first-order valence-electron chi connectivity index (χ1n) is 17.1. The Morgan fingerprint density at radius 3 is 2.41 bits per heavy atom. The molecule has 4 bridgehead atoms. The number of nitrogens with zero attached hydrogens (tertiary/aromatic N) is 5. The van der Waals surface area contributed by atoms with Gasteiger partial charge < -0.3 is 29.0 Å². The van der Waals surface area contributed by atoms with Gasteiger partial charge in [0, 0.05) is 51.7 Å². The van der Waals surface area contributed by atoms with Crippen LogP contribution in [0.25, 0.3) is 0 Å². The summed E-state index contributed by atoms with van der Waals surface area (Å²) < 4.78 is 16.7. The predicted molar refractivity (Wildman–Crippen MR) is 188 cm³/mol. The maximum atomic E-state index is 14.5. The van der Waals surface area contributed by atoms with Gasteiger partial charge in [0.05, 0.1) is 42.6 Å². The van der Waals surface area contributed by atoms with Crippen molar-refractivity contribution < 1.29 is 28.6 Å². The van der Waals surface area contributed by atoms with Crippen LogP contribution in [0.3, 0.4) is 0 Å². The highest BCUT2D eigenvalue weighted by Gasteiger charge is 2.69. The number of benzene rings is 1. The number of pyridine rings is 1. The van der Waals surface area contributed by atoms with Gasteiger partial charge in [0.25, 0.3) is 0 Å². The number of aromatic nitrogens is 1. The Labute approximate surface area is 290 Å². The topological polar surface area (TPSA) is 126 Å². The number of carbonyl (C=O) groups excluding carboxylic acids is 3. The Morgan fingerprint density at radius 1 is 1.10 bits per heavy atom. The minimum absolute atomic E-state index is 0.0601. The van der Waals surface area contributed by atoms with Gasteiger partial charge >= 0.3 is 12.1 Å². The van der Waals surface area contributed by atoms with E-state index in [9.17, 15) is 14.4 Å². The molecule has 3 aliphatic rings. The lowest BCUT2D eigenvalue weighted by Gasteiger charge is -2.59. The van der Waals surface area contributed by atoms with Gasteiger partial charge in [-0.15, -0.1) is 0 Å². The van der Waals surface area contributed by atoms with E-state index in [4.69, 9.17) is 24.3 Å². The van der Waals surface area contributed by atoms with E-state index in [1.54, 1.807) is 18.3 Å². The number of piperidine rings is 1. The molecule has 12 heteroatoms. The third kappa shape index (κ3) is 7.63. The van der Waals surface area contributed by atoms with Gasteiger partial charge in [0.15, 0.2) is 0 Å². The second-order valence-corrected chi connectivity index (χ2v) is 15.6. The average Bonchev–Trinajstić information content (AvgIpc) is 3.17. The lowest BCUT2D eigenvalue weighted by Crippen LogP contribution is -2.70. The van der Waals surface area contributed by atoms with E-state index in [-0.39, 0.29) is 42.3 Å². The number of ether oxygens (including phenoxy) is 3. The van der Waals surface area contributed by atoms with Crippen LogP contribution >= 0.6 is 0 Å². The summed E-state index contributed by atoms with van der Waals surface area (Å²) in [4.78, 5) is 49.1. The number of hydrogen-bond donors (Lipinski definition) is 1. The highest BCUT2D eigenvalue weighted by Crippen LogP contribution is 2.58. The van der Waals surface area contributed by atoms with Crippen molar-refractivity contribution in [2.45, 2.75) is 84.5 Å². The molecule has 5 atom stereocenters. The Morgan fingerprint density at radius 2 is 1.82 bits per heavy atom. The number of rotatable bonds is 10. The molecule has 1 N–H and O–H groups in total. The van der Waals surface area contributed by atoms with E-state index in [1.807, 2.05) is 98.3 Å². The fourth-order valence-electron chi connectivity index (χ4n) is 7.73. The van der Waals surface area contributed by atoms with E-state index in [2.05, 4.69) is 15.1 Å². The van der Waals surface area contributed by atoms with E-state index in [0.717, 1.165) is 23.6 Å². The molecular formula is C37H52N6O6. The summed E-state index contributed by atoms with van der Waals surface area (Å²) in [6.07, 6.45) is 4.96. The summed E-state index contributed by atoms with van der Waals surface area (Å²) in [6.45, 7) is 12.3. The molecule has 2 aromatic rings. The molecule has 0 spiro atoms. The van der Waals surface area contributed by atoms with Crippen LogP contribution in [0.2, 0.25) is 0 Å². The molecule has 2 amide bonds. The lowest BCUT2D eigenvalue weighted by molar-refractivity contribution is -0.154. The maximum Gasteiger partial charge on any atom is 0.412 e. The predicted octanol–water partition coefficient (Wildman–Crippen LogP) is 5.58. The van der Waals surface area contributed by atoms with Crippen LogP contribution in [-0.2, 0) is 25.6 Å². The molecule has 2 aliphatic heterocycles. The SMILES string of the molecule is COc1ccc(CN2C(=O)[C@@H]3C[C@H](/C=N/N(C)C)[C@H]4N(c5ccc(NC(=O)OC(C)(C)C)cn5)CC[C@@H]3[C@]42CCOC(=O)C(C)(C)C)cc1. The summed E-state index contributed by atoms with van der Waals surface area (Å²) in [5.41, 5.74) is -0.442. The van der Waals surface area contributed by atoms with E-state index >= 15 is 0 Å². The fraction of sp³-hybridized carbons (Fsp3) is 0.595. The van der Waals surface area contributed by atoms with Crippen molar-refractivity contribution in [3.8, 4) is 5.75 Å². The van der Waals surface area contributed by atoms with E-state index in [0.29, 0.717) is 31.6 Å². The van der Waals surface area contributed by atoms with Gasteiger partial charge in [-0.2, -0.15) is 5.10 Å². The number of amides is 2. The summed E-state index contributed by atoms with van der Waals surface area (Å²) in [5, 5.41) is 9.23. The minimum Gasteiger partial charge on any atom is -0.497 e. The van der Waals surface area contributed by atoms with Crippen LogP contribution in [0, 0.1) is 23.2 Å². The molecule has 49 heavy (non-hydrogen) atoms. The van der Waals surface area contributed by atoms with Crippen molar-refractivity contribution in [1.82, 2.24) is 14.9 Å². The van der Waals surface area contributed by atoms with Gasteiger partial charge in [-0.05, 0) is 90.1 Å². The molecule has 0 radical (unpaired) electrons. The Bertz CT molecular complexity index is 1530. The average molecular weight is 677 g/mol. The Kier molecular flexibility index (Phi) is 10.2. The van der Waals surface area contributed by atoms with Crippen LogP contribution in [-0.4, -0.2) is 90.6 Å². The summed E-state index contributed by atoms with van der Waals surface area (Å²) in [7, 11) is 5.40. The molecule has 266 valence electrons. The van der Waals surface area contributed by atoms with Gasteiger partial charge in [-0.1, -0.05) is 12.1 Å². The van der Waals surface area contributed by atoms with Gasteiger partial charge in [0.2, 0.25) is 5.91 Å². The Hall–Kier alpha value is -4.35. The smallest absolute Gasteiger partial charge is 0.412 e. The number of likely N-dealkylation sites (tertiary alicyclic amines) is 1. The number of nitrogens with one attached hydrogen (secondary N) is 1. The highest BCUT2D eigenvalue weighted by molar-refractivity contribution is 5.87. The first-order valence-corrected chi connectivity index (χ1v) is 17.1. The third-order valence-corrected chi connectivity index (χ3v) is 9.70. The van der Waals surface area contributed by atoms with E-state index < -0.39 is 22.6 Å². The molecule has 2 saturated heterocycles. The van der Waals surface area contributed by atoms with Crippen molar-refractivity contribution >= 4 is 35.7 Å². The van der Waals surface area contributed by atoms with Crippen molar-refractivity contribution in [1.29, 1.82) is 0 Å². The number of hydrazone groups is 1. The zero-order valence-electron chi connectivity index (χ0n) is 30.4. The summed E-state index contributed by atoms with van der Waals surface area (Å²) in [6, 6.07) is 11.3. The molecule has 3 fully saturated rings. The molecule has 1 aliphatic carbocycles. The zero-order chi connectivity index (χ0) is 35.7. The minimum atomic E-state index is -0.672. The normalized spacial score (nSPS) is 25.0. The summed E-state index contributed by atoms with van der Waals surface area (Å²) >= 11 is 0. The monoisotopic (exact) mass is 676 g/mol. The molecule has 3 heterocycles. The van der Waals surface area contributed by atoms with Gasteiger partial charge in [0.1, 0.15) is 17.2 Å². The molecule has 0 unspecified atom stereocenters. The second-order valence-electron chi connectivity index (χ2n) is 15.6. The zero-order valence-corrected chi connectivity index (χ0v) is 30.4. The second kappa shape index (κ2) is 13.9. The van der Waals surface area contributed by atoms with Crippen LogP contribution < -0.4 is 15.0 Å². The van der Waals surface area contributed by atoms with Crippen molar-refractivity contribution in [3.63, 3.8) is 0 Å². The van der Waals surface area contributed by atoms with Crippen LogP contribution in [0.5, 0.6) is 5.75 Å². The first-order chi connectivity index (χ1) is 23.0. The number of anilines is 2. The number of carbonyl (C=O) groups is 3. The standard InChI is InChI=1S/C37H52N6O6/c1-35(2,3)33(45)48-19-17-37-29-16-18-42(30-15-12-26(22-38-30)40-34(46)49-36(4,5)6)31(37)25(21-39-41(7)8)20-28(29)32(44)43(37)23-24-10-13-27(47-9)14-11-24/h10-15,21-22,25,28-29,31H,16-20,23H2,1-9H3,(H,40,46)/b39-21+/t25-,28-,29+,31-,37-/m1/s1. The molecule has 1 saturated carbocycles. The van der Waals surface area contributed by atoms with Gasteiger partial charge in [-0.3, -0.25) is 14.9 Å². The van der Waals surface area contributed by atoms with Crippen LogP contribution in [0.15, 0.2) is 47.7 Å². The summed E-state index contributed by atoms with van der Waals surface area (Å²) in [5.74, 6) is 1.12. The first kappa shape index (κ1) is 35.9. The fourth-order valence-corrected chi connectivity index (χ4v) is 7.73. The lowest BCUT2D eigenvalue weighted by atomic mass is 9.58. The van der Waals surface area contributed by atoms with Crippen molar-refractivity contribution in [2.75, 3.05) is 44.6 Å². The molecule has 1 aromatic carbocycles.